The van der Waals surface area contributed by atoms with E-state index in [4.69, 9.17) is 0 Å². The zero-order chi connectivity index (χ0) is 14.8. The van der Waals surface area contributed by atoms with E-state index in [0.717, 1.165) is 5.69 Å². The molecule has 8 heteroatoms. The van der Waals surface area contributed by atoms with Crippen molar-refractivity contribution in [1.29, 1.82) is 0 Å². The minimum absolute atomic E-state index is 0.0233. The van der Waals surface area contributed by atoms with Crippen molar-refractivity contribution in [2.24, 2.45) is 0 Å². The molecule has 112 valence electrons. The molecule has 1 atom stereocenters. The Bertz CT molecular complexity index is 581. The van der Waals surface area contributed by atoms with Crippen LogP contribution in [0.25, 0.3) is 0 Å². The van der Waals surface area contributed by atoms with Crippen molar-refractivity contribution < 1.29 is 13.2 Å². The van der Waals surface area contributed by atoms with Crippen LogP contribution in [0, 0.1) is 0 Å². The van der Waals surface area contributed by atoms with E-state index in [1.807, 2.05) is 19.2 Å². The van der Waals surface area contributed by atoms with Crippen LogP contribution in [0.4, 0.5) is 5.13 Å². The maximum atomic E-state index is 11.9. The molecule has 0 radical (unpaired) electrons. The second-order valence-corrected chi connectivity index (χ2v) is 8.34. The lowest BCUT2D eigenvalue weighted by Gasteiger charge is -2.22. The normalized spacial score (nSPS) is 21.9. The fourth-order valence-corrected chi connectivity index (χ4v) is 4.33. The molecule has 1 unspecified atom stereocenters. The van der Waals surface area contributed by atoms with Gasteiger partial charge in [-0.1, -0.05) is 13.8 Å². The van der Waals surface area contributed by atoms with Gasteiger partial charge in [0.15, 0.2) is 15.0 Å². The lowest BCUT2D eigenvalue weighted by atomic mass is 10.2. The topological polar surface area (TPSA) is 88.2 Å². The minimum Gasteiger partial charge on any atom is -0.311 e. The summed E-state index contributed by atoms with van der Waals surface area (Å²) in [5.41, 5.74) is 0.948. The predicted octanol–water partition coefficient (Wildman–Crippen LogP) is 0.982. The van der Waals surface area contributed by atoms with E-state index in [1.54, 1.807) is 0 Å². The van der Waals surface area contributed by atoms with Crippen LogP contribution in [0.5, 0.6) is 0 Å². The highest BCUT2D eigenvalue weighted by Gasteiger charge is 2.26. The molecule has 1 aromatic rings. The van der Waals surface area contributed by atoms with Gasteiger partial charge in [0.25, 0.3) is 0 Å². The molecule has 0 saturated carbocycles. The van der Waals surface area contributed by atoms with Crippen molar-refractivity contribution in [2.75, 3.05) is 23.4 Å². The molecule has 1 aromatic heterocycles. The van der Waals surface area contributed by atoms with Crippen LogP contribution in [-0.4, -0.2) is 43.4 Å². The summed E-state index contributed by atoms with van der Waals surface area (Å²) in [6, 6.07) is -0.307. The van der Waals surface area contributed by atoms with E-state index in [9.17, 15) is 13.2 Å². The number of rotatable bonds is 4. The zero-order valence-electron chi connectivity index (χ0n) is 11.5. The first kappa shape index (κ1) is 15.4. The SMILES string of the molecule is CC(C)c1csc(NC(=O)CC2CS(=O)(=O)CCN2)n1. The molecule has 2 heterocycles. The van der Waals surface area contributed by atoms with E-state index in [0.29, 0.717) is 17.6 Å². The fraction of sp³-hybridized carbons (Fsp3) is 0.667. The number of hydrogen-bond donors (Lipinski definition) is 2. The summed E-state index contributed by atoms with van der Waals surface area (Å²) < 4.78 is 23.0. The minimum atomic E-state index is -3.01. The van der Waals surface area contributed by atoms with Gasteiger partial charge in [-0.15, -0.1) is 11.3 Å². The van der Waals surface area contributed by atoms with Gasteiger partial charge in [0.2, 0.25) is 5.91 Å². The van der Waals surface area contributed by atoms with Crippen molar-refractivity contribution in [2.45, 2.75) is 32.2 Å². The summed E-state index contributed by atoms with van der Waals surface area (Å²) in [7, 11) is -3.01. The Morgan fingerprint density at radius 2 is 2.35 bits per heavy atom. The quantitative estimate of drug-likeness (QED) is 0.864. The first-order valence-electron chi connectivity index (χ1n) is 6.55. The van der Waals surface area contributed by atoms with E-state index < -0.39 is 9.84 Å². The molecule has 1 fully saturated rings. The maximum Gasteiger partial charge on any atom is 0.227 e. The van der Waals surface area contributed by atoms with Gasteiger partial charge in [-0.05, 0) is 5.92 Å². The second-order valence-electron chi connectivity index (χ2n) is 5.25. The van der Waals surface area contributed by atoms with Gasteiger partial charge in [0, 0.05) is 24.4 Å². The molecule has 1 aliphatic heterocycles. The molecule has 0 aliphatic carbocycles. The second kappa shape index (κ2) is 6.19. The van der Waals surface area contributed by atoms with E-state index >= 15 is 0 Å². The molecule has 1 aliphatic rings. The molecule has 0 aromatic carbocycles. The van der Waals surface area contributed by atoms with Crippen LogP contribution in [0.15, 0.2) is 5.38 Å². The number of anilines is 1. The first-order valence-corrected chi connectivity index (χ1v) is 9.25. The van der Waals surface area contributed by atoms with Crippen LogP contribution in [0.2, 0.25) is 0 Å². The summed E-state index contributed by atoms with van der Waals surface area (Å²) in [5.74, 6) is 0.288. The predicted molar refractivity (Wildman–Crippen MR) is 79.9 cm³/mol. The first-order chi connectivity index (χ1) is 9.35. The molecule has 20 heavy (non-hydrogen) atoms. The van der Waals surface area contributed by atoms with Gasteiger partial charge in [-0.2, -0.15) is 0 Å². The number of nitrogens with zero attached hydrogens (tertiary/aromatic N) is 1. The number of amides is 1. The van der Waals surface area contributed by atoms with Crippen molar-refractivity contribution in [3.05, 3.63) is 11.1 Å². The highest BCUT2D eigenvalue weighted by Crippen LogP contribution is 2.21. The summed E-state index contributed by atoms with van der Waals surface area (Å²) in [4.78, 5) is 16.2. The summed E-state index contributed by atoms with van der Waals surface area (Å²) in [5, 5.41) is 8.27. The third kappa shape index (κ3) is 4.26. The highest BCUT2D eigenvalue weighted by atomic mass is 32.2. The Kier molecular flexibility index (Phi) is 4.77. The third-order valence-corrected chi connectivity index (χ3v) is 5.61. The van der Waals surface area contributed by atoms with Gasteiger partial charge in [-0.25, -0.2) is 13.4 Å². The Morgan fingerprint density at radius 1 is 1.60 bits per heavy atom. The number of sulfone groups is 1. The Morgan fingerprint density at radius 3 is 2.95 bits per heavy atom. The standard InChI is InChI=1S/C12H19N3O3S2/c1-8(2)10-6-19-12(14-10)15-11(16)5-9-7-20(17,18)4-3-13-9/h6,8-9,13H,3-5,7H2,1-2H3,(H,14,15,16). The average molecular weight is 317 g/mol. The van der Waals surface area contributed by atoms with Crippen LogP contribution in [-0.2, 0) is 14.6 Å². The Labute approximate surface area is 122 Å². The smallest absolute Gasteiger partial charge is 0.227 e. The van der Waals surface area contributed by atoms with Crippen molar-refractivity contribution in [3.8, 4) is 0 Å². The number of carbonyl (C=O) groups is 1. The molecule has 1 amide bonds. The fourth-order valence-electron chi connectivity index (χ4n) is 2.00. The van der Waals surface area contributed by atoms with Crippen molar-refractivity contribution >= 4 is 32.2 Å². The molecule has 2 rings (SSSR count). The van der Waals surface area contributed by atoms with Crippen LogP contribution in [0.3, 0.4) is 0 Å². The number of carbonyl (C=O) groups excluding carboxylic acids is 1. The summed E-state index contributed by atoms with van der Waals surface area (Å²) in [6.07, 6.45) is 0.149. The van der Waals surface area contributed by atoms with Gasteiger partial charge in [0.1, 0.15) is 0 Å². The van der Waals surface area contributed by atoms with Crippen LogP contribution in [0.1, 0.15) is 31.9 Å². The van der Waals surface area contributed by atoms with E-state index in [1.165, 1.54) is 11.3 Å². The summed E-state index contributed by atoms with van der Waals surface area (Å²) >= 11 is 1.39. The maximum absolute atomic E-state index is 11.9. The van der Waals surface area contributed by atoms with E-state index in [2.05, 4.69) is 15.6 Å². The van der Waals surface area contributed by atoms with Gasteiger partial charge in [-0.3, -0.25) is 4.79 Å². The Balaban J connectivity index is 1.88. The number of hydrogen-bond acceptors (Lipinski definition) is 6. The third-order valence-electron chi connectivity index (χ3n) is 3.09. The molecule has 1 saturated heterocycles. The summed E-state index contributed by atoms with van der Waals surface area (Å²) in [6.45, 7) is 4.49. The number of aromatic nitrogens is 1. The molecule has 0 spiro atoms. The zero-order valence-corrected chi connectivity index (χ0v) is 13.2. The van der Waals surface area contributed by atoms with Gasteiger partial charge >= 0.3 is 0 Å². The number of thiazole rings is 1. The Hall–Kier alpha value is -0.990. The van der Waals surface area contributed by atoms with Crippen molar-refractivity contribution in [1.82, 2.24) is 10.3 Å². The number of nitrogens with one attached hydrogen (secondary N) is 2. The average Bonchev–Trinajstić information content (AvgIpc) is 2.75. The highest BCUT2D eigenvalue weighted by molar-refractivity contribution is 7.91. The van der Waals surface area contributed by atoms with Crippen LogP contribution < -0.4 is 10.6 Å². The lowest BCUT2D eigenvalue weighted by Crippen LogP contribution is -2.46. The molecule has 6 nitrogen and oxygen atoms in total. The van der Waals surface area contributed by atoms with Gasteiger partial charge < -0.3 is 10.6 Å². The van der Waals surface area contributed by atoms with Crippen molar-refractivity contribution in [3.63, 3.8) is 0 Å². The van der Waals surface area contributed by atoms with Gasteiger partial charge in [0.05, 0.1) is 17.2 Å². The monoisotopic (exact) mass is 317 g/mol. The van der Waals surface area contributed by atoms with Crippen LogP contribution >= 0.6 is 11.3 Å². The molecule has 2 N–H and O–H groups in total. The molecule has 0 bridgehead atoms. The largest absolute Gasteiger partial charge is 0.311 e. The molecular weight excluding hydrogens is 298 g/mol. The molecular formula is C12H19N3O3S2. The lowest BCUT2D eigenvalue weighted by molar-refractivity contribution is -0.116. The van der Waals surface area contributed by atoms with E-state index in [-0.39, 0.29) is 29.9 Å².